The van der Waals surface area contributed by atoms with Gasteiger partial charge < -0.3 is 4.74 Å². The molecule has 0 radical (unpaired) electrons. The van der Waals surface area contributed by atoms with E-state index in [2.05, 4.69) is 0 Å². The molecule has 1 aliphatic heterocycles. The summed E-state index contributed by atoms with van der Waals surface area (Å²) in [5.41, 5.74) is 1.92. The summed E-state index contributed by atoms with van der Waals surface area (Å²) in [5, 5.41) is 0.726. The second-order valence-electron chi connectivity index (χ2n) is 6.21. The molecule has 4 rings (SSSR count). The predicted molar refractivity (Wildman–Crippen MR) is 94.8 cm³/mol. The van der Waals surface area contributed by atoms with Gasteiger partial charge in [0.25, 0.3) is 10.0 Å². The lowest BCUT2D eigenvalue weighted by molar-refractivity contribution is 0.0983. The maximum atomic E-state index is 13.0. The van der Waals surface area contributed by atoms with Gasteiger partial charge >= 0.3 is 0 Å². The van der Waals surface area contributed by atoms with E-state index < -0.39 is 10.0 Å². The molecule has 1 aliphatic rings. The van der Waals surface area contributed by atoms with E-state index in [0.717, 1.165) is 10.9 Å². The molecule has 0 fully saturated rings. The third-order valence-electron chi connectivity index (χ3n) is 4.44. The first-order valence-corrected chi connectivity index (χ1v) is 9.54. The van der Waals surface area contributed by atoms with Crippen molar-refractivity contribution in [1.82, 2.24) is 3.97 Å². The average Bonchev–Trinajstić information content (AvgIpc) is 2.93. The molecule has 2 heterocycles. The first-order valence-electron chi connectivity index (χ1n) is 8.10. The van der Waals surface area contributed by atoms with Crippen molar-refractivity contribution in [1.29, 1.82) is 0 Å². The zero-order valence-corrected chi connectivity index (χ0v) is 14.5. The molecule has 0 amide bonds. The van der Waals surface area contributed by atoms with Crippen LogP contribution in [-0.2, 0) is 10.0 Å². The number of nitrogens with zero attached hydrogens (tertiary/aromatic N) is 1. The van der Waals surface area contributed by atoms with E-state index in [9.17, 15) is 13.2 Å². The van der Waals surface area contributed by atoms with Crippen LogP contribution in [0.15, 0.2) is 53.6 Å². The molecule has 128 valence electrons. The van der Waals surface area contributed by atoms with Gasteiger partial charge in [0.2, 0.25) is 0 Å². The summed E-state index contributed by atoms with van der Waals surface area (Å²) in [6.45, 7) is 2.40. The number of carbonyl (C=O) groups excluding carboxylic acids is 1. The summed E-state index contributed by atoms with van der Waals surface area (Å²) in [6, 6.07) is 11.8. The highest BCUT2D eigenvalue weighted by atomic mass is 32.2. The highest BCUT2D eigenvalue weighted by molar-refractivity contribution is 7.90. The first-order chi connectivity index (χ1) is 12.0. The fourth-order valence-corrected chi connectivity index (χ4v) is 4.40. The Hall–Kier alpha value is -2.60. The summed E-state index contributed by atoms with van der Waals surface area (Å²) in [7, 11) is -3.73. The van der Waals surface area contributed by atoms with Gasteiger partial charge in [-0.15, -0.1) is 0 Å². The average molecular weight is 355 g/mol. The van der Waals surface area contributed by atoms with Crippen molar-refractivity contribution in [2.24, 2.45) is 0 Å². The molecular formula is C19H17NO4S. The lowest BCUT2D eigenvalue weighted by atomic mass is 10.1. The first kappa shape index (κ1) is 15.9. The van der Waals surface area contributed by atoms with Crippen molar-refractivity contribution in [2.45, 2.75) is 24.7 Å². The van der Waals surface area contributed by atoms with Gasteiger partial charge in [-0.05, 0) is 43.7 Å². The van der Waals surface area contributed by atoms with Gasteiger partial charge in [-0.3, -0.25) is 4.79 Å². The fraction of sp³-hybridized carbons (Fsp3) is 0.211. The van der Waals surface area contributed by atoms with Crippen molar-refractivity contribution >= 4 is 26.7 Å². The third-order valence-corrected chi connectivity index (χ3v) is 6.14. The number of ketones is 1. The zero-order valence-electron chi connectivity index (χ0n) is 13.7. The fourth-order valence-electron chi connectivity index (χ4n) is 3.06. The number of rotatable bonds is 2. The standard InChI is InChI=1S/C19H17NO4S/c1-13-4-6-15(7-5-13)25(22,23)20-9-8-14-11-19-16(12-17(14)20)18(21)3-2-10-24-19/h4-9,11-12H,2-3,10H2,1H3. The summed E-state index contributed by atoms with van der Waals surface area (Å²) in [5.74, 6) is 0.510. The molecule has 0 spiro atoms. The lowest BCUT2D eigenvalue weighted by Gasteiger charge is -2.10. The number of Topliss-reactive ketones (excluding diaryl/α,β-unsaturated/α-hetero) is 1. The van der Waals surface area contributed by atoms with Crippen LogP contribution in [0.1, 0.15) is 28.8 Å². The number of aryl methyl sites for hydroxylation is 1. The van der Waals surface area contributed by atoms with Gasteiger partial charge in [0.15, 0.2) is 5.78 Å². The van der Waals surface area contributed by atoms with Gasteiger partial charge in [0.1, 0.15) is 5.75 Å². The topological polar surface area (TPSA) is 65.4 Å². The second kappa shape index (κ2) is 5.74. The number of hydrogen-bond donors (Lipinski definition) is 0. The highest BCUT2D eigenvalue weighted by Gasteiger charge is 2.23. The molecule has 3 aromatic rings. The Balaban J connectivity index is 1.91. The van der Waals surface area contributed by atoms with Gasteiger partial charge in [0.05, 0.1) is 22.6 Å². The summed E-state index contributed by atoms with van der Waals surface area (Å²) >= 11 is 0. The van der Waals surface area contributed by atoms with Crippen molar-refractivity contribution in [3.05, 3.63) is 59.8 Å². The smallest absolute Gasteiger partial charge is 0.268 e. The Morgan fingerprint density at radius 3 is 2.60 bits per heavy atom. The Morgan fingerprint density at radius 2 is 1.84 bits per heavy atom. The Kier molecular flexibility index (Phi) is 3.65. The van der Waals surface area contributed by atoms with Gasteiger partial charge in [0, 0.05) is 18.0 Å². The minimum Gasteiger partial charge on any atom is -0.493 e. The molecule has 6 heteroatoms. The van der Waals surface area contributed by atoms with Crippen LogP contribution in [0.4, 0.5) is 0 Å². The molecule has 0 saturated heterocycles. The highest BCUT2D eigenvalue weighted by Crippen LogP contribution is 2.31. The molecule has 25 heavy (non-hydrogen) atoms. The zero-order chi connectivity index (χ0) is 17.6. The monoisotopic (exact) mass is 355 g/mol. The minimum atomic E-state index is -3.73. The number of fused-ring (bicyclic) bond motifs is 2. The number of benzene rings is 2. The van der Waals surface area contributed by atoms with Crippen LogP contribution in [0, 0.1) is 6.92 Å². The van der Waals surface area contributed by atoms with E-state index in [1.54, 1.807) is 42.5 Å². The van der Waals surface area contributed by atoms with Crippen LogP contribution < -0.4 is 4.74 Å². The maximum absolute atomic E-state index is 13.0. The van der Waals surface area contributed by atoms with Crippen LogP contribution in [0.2, 0.25) is 0 Å². The van der Waals surface area contributed by atoms with Crippen molar-refractivity contribution in [2.75, 3.05) is 6.61 Å². The Bertz CT molecular complexity index is 1080. The normalized spacial score (nSPS) is 14.8. The van der Waals surface area contributed by atoms with Crippen LogP contribution in [0.5, 0.6) is 5.75 Å². The van der Waals surface area contributed by atoms with E-state index in [1.165, 1.54) is 10.2 Å². The third kappa shape index (κ3) is 2.62. The summed E-state index contributed by atoms with van der Waals surface area (Å²) in [4.78, 5) is 12.5. The maximum Gasteiger partial charge on any atom is 0.268 e. The molecule has 0 bridgehead atoms. The van der Waals surface area contributed by atoms with E-state index in [-0.39, 0.29) is 10.7 Å². The van der Waals surface area contributed by atoms with Gasteiger partial charge in [-0.2, -0.15) is 0 Å². The minimum absolute atomic E-state index is 0.0186. The lowest BCUT2D eigenvalue weighted by Crippen LogP contribution is -2.12. The Morgan fingerprint density at radius 1 is 1.08 bits per heavy atom. The molecule has 0 unspecified atom stereocenters. The molecule has 0 aliphatic carbocycles. The van der Waals surface area contributed by atoms with Crippen molar-refractivity contribution in [3.8, 4) is 5.75 Å². The van der Waals surface area contributed by atoms with E-state index in [4.69, 9.17) is 4.74 Å². The molecule has 5 nitrogen and oxygen atoms in total. The largest absolute Gasteiger partial charge is 0.493 e. The second-order valence-corrected chi connectivity index (χ2v) is 8.03. The van der Waals surface area contributed by atoms with Crippen LogP contribution in [0.25, 0.3) is 10.9 Å². The molecule has 1 aromatic heterocycles. The summed E-state index contributed by atoms with van der Waals surface area (Å²) < 4.78 is 32.8. The van der Waals surface area contributed by atoms with Gasteiger partial charge in [-0.25, -0.2) is 12.4 Å². The molecule has 0 atom stereocenters. The van der Waals surface area contributed by atoms with E-state index in [1.807, 2.05) is 6.92 Å². The van der Waals surface area contributed by atoms with Crippen molar-refractivity contribution in [3.63, 3.8) is 0 Å². The molecule has 2 aromatic carbocycles. The molecule has 0 N–H and O–H groups in total. The molecule has 0 saturated carbocycles. The van der Waals surface area contributed by atoms with Crippen molar-refractivity contribution < 1.29 is 17.9 Å². The number of carbonyl (C=O) groups is 1. The Labute approximate surface area is 145 Å². The number of ether oxygens (including phenoxy) is 1. The SMILES string of the molecule is Cc1ccc(S(=O)(=O)n2ccc3cc4c(cc32)C(=O)CCCO4)cc1. The van der Waals surface area contributed by atoms with E-state index in [0.29, 0.717) is 36.3 Å². The number of hydrogen-bond acceptors (Lipinski definition) is 4. The van der Waals surface area contributed by atoms with Crippen LogP contribution in [-0.4, -0.2) is 24.8 Å². The van der Waals surface area contributed by atoms with Crippen LogP contribution >= 0.6 is 0 Å². The quantitative estimate of drug-likeness (QED) is 0.705. The predicted octanol–water partition coefficient (Wildman–Crippen LogP) is 3.54. The van der Waals surface area contributed by atoms with E-state index >= 15 is 0 Å². The summed E-state index contributed by atoms with van der Waals surface area (Å²) in [6.07, 6.45) is 2.59. The number of aromatic nitrogens is 1. The molecular weight excluding hydrogens is 338 g/mol. The van der Waals surface area contributed by atoms with Crippen LogP contribution in [0.3, 0.4) is 0 Å². The van der Waals surface area contributed by atoms with Gasteiger partial charge in [-0.1, -0.05) is 17.7 Å².